The molecule has 0 amide bonds. The number of carbonyl (C=O) groups is 1. The van der Waals surface area contributed by atoms with E-state index in [2.05, 4.69) is 0 Å². The summed E-state index contributed by atoms with van der Waals surface area (Å²) in [4.78, 5) is 12.5. The van der Waals surface area contributed by atoms with Gasteiger partial charge < -0.3 is 9.52 Å². The molecule has 0 aliphatic rings. The monoisotopic (exact) mass is 269 g/mol. The van der Waals surface area contributed by atoms with Crippen LogP contribution in [0.1, 0.15) is 16.1 Å². The molecule has 0 aliphatic carbocycles. The topological polar surface area (TPSA) is 53.7 Å². The van der Waals surface area contributed by atoms with Crippen molar-refractivity contribution in [2.45, 2.75) is 13.0 Å². The van der Waals surface area contributed by atoms with Gasteiger partial charge in [0.25, 0.3) is 6.43 Å². The lowest BCUT2D eigenvalue weighted by Gasteiger charge is -2.15. The van der Waals surface area contributed by atoms with Crippen molar-refractivity contribution in [3.05, 3.63) is 35.6 Å². The van der Waals surface area contributed by atoms with E-state index in [0.717, 1.165) is 0 Å². The summed E-state index contributed by atoms with van der Waals surface area (Å²) in [5, 5.41) is 9.74. The van der Waals surface area contributed by atoms with Crippen molar-refractivity contribution < 1.29 is 23.1 Å². The first-order chi connectivity index (χ1) is 8.99. The molecule has 0 bridgehead atoms. The molecule has 0 atom stereocenters. The van der Waals surface area contributed by atoms with E-state index >= 15 is 0 Å². The number of para-hydroxylation sites is 1. The third-order valence-corrected chi connectivity index (χ3v) is 2.77. The molecule has 1 aromatic carbocycles. The van der Waals surface area contributed by atoms with Crippen LogP contribution in [0.3, 0.4) is 0 Å². The third kappa shape index (κ3) is 2.90. The van der Waals surface area contributed by atoms with E-state index in [9.17, 15) is 13.6 Å². The summed E-state index contributed by atoms with van der Waals surface area (Å²) in [6, 6.07) is 6.85. The van der Waals surface area contributed by atoms with Gasteiger partial charge in [0.15, 0.2) is 0 Å². The predicted molar refractivity (Wildman–Crippen MR) is 65.5 cm³/mol. The Morgan fingerprint density at radius 1 is 1.42 bits per heavy atom. The van der Waals surface area contributed by atoms with Gasteiger partial charge in [-0.1, -0.05) is 18.2 Å². The SMILES string of the molecule is CN(Cc1c(C(=O)O)oc2ccccc12)CC(F)F. The first kappa shape index (κ1) is 13.5. The second-order valence-electron chi connectivity index (χ2n) is 4.30. The van der Waals surface area contributed by atoms with E-state index in [-0.39, 0.29) is 12.3 Å². The quantitative estimate of drug-likeness (QED) is 0.906. The molecule has 102 valence electrons. The number of halogens is 2. The van der Waals surface area contributed by atoms with Gasteiger partial charge in [0.1, 0.15) is 5.58 Å². The van der Waals surface area contributed by atoms with E-state index in [1.54, 1.807) is 24.3 Å². The van der Waals surface area contributed by atoms with Gasteiger partial charge in [0.05, 0.1) is 6.54 Å². The van der Waals surface area contributed by atoms with Crippen LogP contribution < -0.4 is 0 Å². The van der Waals surface area contributed by atoms with Gasteiger partial charge in [-0.15, -0.1) is 0 Å². The van der Waals surface area contributed by atoms with Crippen LogP contribution in [0.2, 0.25) is 0 Å². The number of carboxylic acids is 1. The van der Waals surface area contributed by atoms with Gasteiger partial charge in [-0.2, -0.15) is 0 Å². The molecule has 0 aliphatic heterocycles. The van der Waals surface area contributed by atoms with E-state index in [4.69, 9.17) is 9.52 Å². The van der Waals surface area contributed by atoms with E-state index < -0.39 is 18.9 Å². The number of carboxylic acid groups (broad SMARTS) is 1. The lowest BCUT2D eigenvalue weighted by Crippen LogP contribution is -2.24. The number of rotatable bonds is 5. The lowest BCUT2D eigenvalue weighted by atomic mass is 10.1. The smallest absolute Gasteiger partial charge is 0.372 e. The van der Waals surface area contributed by atoms with Crippen LogP contribution in [0, 0.1) is 0 Å². The van der Waals surface area contributed by atoms with Crippen LogP contribution in [0.4, 0.5) is 8.78 Å². The number of benzene rings is 1. The van der Waals surface area contributed by atoms with Gasteiger partial charge in [-0.25, -0.2) is 13.6 Å². The molecule has 2 rings (SSSR count). The van der Waals surface area contributed by atoms with Crippen molar-refractivity contribution in [1.82, 2.24) is 4.90 Å². The fraction of sp³-hybridized carbons (Fsp3) is 0.308. The summed E-state index contributed by atoms with van der Waals surface area (Å²) in [5.41, 5.74) is 0.867. The highest BCUT2D eigenvalue weighted by molar-refractivity contribution is 5.95. The summed E-state index contributed by atoms with van der Waals surface area (Å²) < 4.78 is 29.9. The lowest BCUT2D eigenvalue weighted by molar-refractivity contribution is 0.0660. The molecule has 4 nitrogen and oxygen atoms in total. The van der Waals surface area contributed by atoms with Crippen LogP contribution in [0.15, 0.2) is 28.7 Å². The Hall–Kier alpha value is -1.95. The number of fused-ring (bicyclic) bond motifs is 1. The number of nitrogens with zero attached hydrogens (tertiary/aromatic N) is 1. The average molecular weight is 269 g/mol. The molecule has 0 saturated heterocycles. The maximum absolute atomic E-state index is 12.3. The number of aromatic carboxylic acids is 1. The minimum Gasteiger partial charge on any atom is -0.475 e. The number of alkyl halides is 2. The fourth-order valence-electron chi connectivity index (χ4n) is 2.00. The zero-order valence-corrected chi connectivity index (χ0v) is 10.3. The zero-order valence-electron chi connectivity index (χ0n) is 10.3. The van der Waals surface area contributed by atoms with Crippen LogP contribution in [0.5, 0.6) is 0 Å². The summed E-state index contributed by atoms with van der Waals surface area (Å²) in [7, 11) is 1.51. The first-order valence-electron chi connectivity index (χ1n) is 5.69. The molecule has 6 heteroatoms. The number of hydrogen-bond acceptors (Lipinski definition) is 3. The van der Waals surface area contributed by atoms with Gasteiger partial charge in [-0.05, 0) is 13.1 Å². The third-order valence-electron chi connectivity index (χ3n) is 2.77. The Balaban J connectivity index is 2.39. The summed E-state index contributed by atoms with van der Waals surface area (Å²) in [5.74, 6) is -1.39. The number of furan rings is 1. The van der Waals surface area contributed by atoms with Crippen LogP contribution in [-0.2, 0) is 6.54 Å². The van der Waals surface area contributed by atoms with Crippen LogP contribution in [-0.4, -0.2) is 36.0 Å². The highest BCUT2D eigenvalue weighted by Crippen LogP contribution is 2.27. The summed E-state index contributed by atoms with van der Waals surface area (Å²) in [6.07, 6.45) is -2.46. The second kappa shape index (κ2) is 5.36. The Morgan fingerprint density at radius 3 is 2.74 bits per heavy atom. The molecule has 19 heavy (non-hydrogen) atoms. The molecular weight excluding hydrogens is 256 g/mol. The first-order valence-corrected chi connectivity index (χ1v) is 5.69. The van der Waals surface area contributed by atoms with Crippen LogP contribution in [0.25, 0.3) is 11.0 Å². The second-order valence-corrected chi connectivity index (χ2v) is 4.30. The van der Waals surface area contributed by atoms with Crippen molar-refractivity contribution in [3.8, 4) is 0 Å². The van der Waals surface area contributed by atoms with Gasteiger partial charge >= 0.3 is 5.97 Å². The maximum Gasteiger partial charge on any atom is 0.372 e. The molecule has 0 fully saturated rings. The largest absolute Gasteiger partial charge is 0.475 e. The van der Waals surface area contributed by atoms with Crippen molar-refractivity contribution in [3.63, 3.8) is 0 Å². The Kier molecular flexibility index (Phi) is 3.80. The van der Waals surface area contributed by atoms with Crippen molar-refractivity contribution >= 4 is 16.9 Å². The van der Waals surface area contributed by atoms with E-state index in [1.165, 1.54) is 11.9 Å². The van der Waals surface area contributed by atoms with Gasteiger partial charge in [0.2, 0.25) is 5.76 Å². The highest BCUT2D eigenvalue weighted by Gasteiger charge is 2.21. The molecule has 0 radical (unpaired) electrons. The van der Waals surface area contributed by atoms with Crippen molar-refractivity contribution in [1.29, 1.82) is 0 Å². The average Bonchev–Trinajstić information content (AvgIpc) is 2.67. The minimum atomic E-state index is -2.46. The Labute approximate surface area is 108 Å². The standard InChI is InChI=1S/C13H13F2NO3/c1-16(7-11(14)15)6-9-8-4-2-3-5-10(8)19-12(9)13(17)18/h2-5,11H,6-7H2,1H3,(H,17,18). The predicted octanol–water partition coefficient (Wildman–Crippen LogP) is 2.83. The molecule has 1 aromatic heterocycles. The zero-order chi connectivity index (χ0) is 14.0. The molecule has 0 unspecified atom stereocenters. The van der Waals surface area contributed by atoms with Crippen molar-refractivity contribution in [2.75, 3.05) is 13.6 Å². The molecule has 1 heterocycles. The number of hydrogen-bond donors (Lipinski definition) is 1. The van der Waals surface area contributed by atoms with Gasteiger partial charge in [-0.3, -0.25) is 4.90 Å². The fourth-order valence-corrected chi connectivity index (χ4v) is 2.00. The van der Waals surface area contributed by atoms with Gasteiger partial charge in [0, 0.05) is 17.5 Å². The highest BCUT2D eigenvalue weighted by atomic mass is 19.3. The van der Waals surface area contributed by atoms with E-state index in [1.807, 2.05) is 0 Å². The molecular formula is C13H13F2NO3. The summed E-state index contributed by atoms with van der Waals surface area (Å²) in [6.45, 7) is -0.318. The molecule has 1 N–H and O–H groups in total. The van der Waals surface area contributed by atoms with Crippen LogP contribution >= 0.6 is 0 Å². The molecule has 0 saturated carbocycles. The molecule has 0 spiro atoms. The summed E-state index contributed by atoms with van der Waals surface area (Å²) >= 11 is 0. The minimum absolute atomic E-state index is 0.100. The Bertz CT molecular complexity index is 595. The Morgan fingerprint density at radius 2 is 2.11 bits per heavy atom. The van der Waals surface area contributed by atoms with Crippen molar-refractivity contribution in [2.24, 2.45) is 0 Å². The normalized spacial score (nSPS) is 11.6. The maximum atomic E-state index is 12.3. The van der Waals surface area contributed by atoms with E-state index in [0.29, 0.717) is 16.5 Å². The molecule has 2 aromatic rings.